The van der Waals surface area contributed by atoms with Crippen LogP contribution in [0.4, 0.5) is 0 Å². The third-order valence-electron chi connectivity index (χ3n) is 3.89. The van der Waals surface area contributed by atoms with Crippen molar-refractivity contribution < 1.29 is 8.42 Å². The lowest BCUT2D eigenvalue weighted by Crippen LogP contribution is -2.46. The Morgan fingerprint density at radius 1 is 1.43 bits per heavy atom. The highest BCUT2D eigenvalue weighted by molar-refractivity contribution is 7.87. The molecule has 5 nitrogen and oxygen atoms in total. The lowest BCUT2D eigenvalue weighted by molar-refractivity contribution is 0.265. The molecule has 2 heterocycles. The van der Waals surface area contributed by atoms with Gasteiger partial charge in [-0.25, -0.2) is 0 Å². The van der Waals surface area contributed by atoms with Crippen molar-refractivity contribution >= 4 is 21.5 Å². The zero-order valence-electron chi connectivity index (χ0n) is 12.7. The van der Waals surface area contributed by atoms with Gasteiger partial charge in [-0.2, -0.15) is 17.4 Å². The quantitative estimate of drug-likeness (QED) is 0.803. The number of piperidine rings is 1. The fourth-order valence-corrected chi connectivity index (χ4v) is 4.82. The Hall–Kier alpha value is -0.470. The van der Waals surface area contributed by atoms with Crippen LogP contribution in [0, 0.1) is 5.92 Å². The second-order valence-electron chi connectivity index (χ2n) is 5.51. The van der Waals surface area contributed by atoms with Gasteiger partial charge in [-0.3, -0.25) is 0 Å². The molecule has 0 bridgehead atoms. The molecule has 1 saturated heterocycles. The fraction of sp³-hybridized carbons (Fsp3) is 0.714. The van der Waals surface area contributed by atoms with E-state index in [-0.39, 0.29) is 6.04 Å². The summed E-state index contributed by atoms with van der Waals surface area (Å²) >= 11 is 1.57. The molecule has 1 aliphatic heterocycles. The third kappa shape index (κ3) is 4.75. The molecule has 2 N–H and O–H groups in total. The summed E-state index contributed by atoms with van der Waals surface area (Å²) in [4.78, 5) is 1.04. The van der Waals surface area contributed by atoms with Gasteiger partial charge in [-0.1, -0.05) is 13.0 Å². The van der Waals surface area contributed by atoms with Gasteiger partial charge in [0.2, 0.25) is 0 Å². The van der Waals surface area contributed by atoms with Crippen LogP contribution in [0.15, 0.2) is 17.5 Å². The van der Waals surface area contributed by atoms with Crippen LogP contribution in [0.5, 0.6) is 0 Å². The zero-order chi connectivity index (χ0) is 15.3. The van der Waals surface area contributed by atoms with E-state index < -0.39 is 10.2 Å². The van der Waals surface area contributed by atoms with Crippen LogP contribution in [0.25, 0.3) is 0 Å². The smallest absolute Gasteiger partial charge is 0.280 e. The molecule has 0 aliphatic carbocycles. The Bertz CT molecular complexity index is 508. The van der Waals surface area contributed by atoms with Crippen LogP contribution in [0.1, 0.15) is 37.6 Å². The van der Waals surface area contributed by atoms with Gasteiger partial charge in [-0.15, -0.1) is 11.3 Å². The number of nitrogens with zero attached hydrogens (tertiary/aromatic N) is 1. The van der Waals surface area contributed by atoms with Crippen molar-refractivity contribution in [2.75, 3.05) is 26.2 Å². The molecule has 0 spiro atoms. The van der Waals surface area contributed by atoms with Gasteiger partial charge >= 0.3 is 0 Å². The molecule has 0 saturated carbocycles. The van der Waals surface area contributed by atoms with E-state index in [2.05, 4.69) is 17.0 Å². The van der Waals surface area contributed by atoms with Crippen molar-refractivity contribution in [1.82, 2.24) is 14.3 Å². The van der Waals surface area contributed by atoms with Crippen molar-refractivity contribution in [3.8, 4) is 0 Å². The summed E-state index contributed by atoms with van der Waals surface area (Å²) in [6, 6.07) is 3.73. The van der Waals surface area contributed by atoms with Crippen LogP contribution in [0.3, 0.4) is 0 Å². The molecule has 1 fully saturated rings. The van der Waals surface area contributed by atoms with E-state index in [0.29, 0.717) is 19.0 Å². The van der Waals surface area contributed by atoms with Crippen molar-refractivity contribution in [3.05, 3.63) is 22.4 Å². The lowest BCUT2D eigenvalue weighted by atomic mass is 9.98. The number of hydrogen-bond acceptors (Lipinski definition) is 4. The first kappa shape index (κ1) is 16.9. The summed E-state index contributed by atoms with van der Waals surface area (Å²) in [6.45, 7) is 7.17. The molecule has 7 heteroatoms. The van der Waals surface area contributed by atoms with Gasteiger partial charge in [-0.05, 0) is 50.2 Å². The van der Waals surface area contributed by atoms with E-state index in [0.717, 1.165) is 30.8 Å². The van der Waals surface area contributed by atoms with E-state index in [1.807, 2.05) is 24.4 Å². The SMILES string of the molecule is CCNCC1CCN(S(=O)(=O)NC(C)c2cccs2)CC1. The summed E-state index contributed by atoms with van der Waals surface area (Å²) in [5.74, 6) is 0.589. The Kier molecular flexibility index (Phi) is 6.19. The van der Waals surface area contributed by atoms with Crippen LogP contribution in [0.2, 0.25) is 0 Å². The third-order valence-corrected chi connectivity index (χ3v) is 6.64. The molecule has 21 heavy (non-hydrogen) atoms. The highest BCUT2D eigenvalue weighted by Gasteiger charge is 2.29. The van der Waals surface area contributed by atoms with Crippen molar-refractivity contribution in [2.24, 2.45) is 5.92 Å². The predicted octanol–water partition coefficient (Wildman–Crippen LogP) is 1.97. The number of hydrogen-bond donors (Lipinski definition) is 2. The van der Waals surface area contributed by atoms with Crippen molar-refractivity contribution in [2.45, 2.75) is 32.7 Å². The highest BCUT2D eigenvalue weighted by atomic mass is 32.2. The minimum atomic E-state index is -3.38. The van der Waals surface area contributed by atoms with Gasteiger partial charge in [0.05, 0.1) is 6.04 Å². The maximum absolute atomic E-state index is 12.4. The molecule has 1 unspecified atom stereocenters. The Morgan fingerprint density at radius 2 is 2.14 bits per heavy atom. The topological polar surface area (TPSA) is 61.4 Å². The standard InChI is InChI=1S/C14H25N3O2S2/c1-3-15-11-13-6-8-17(9-7-13)21(18,19)16-12(2)14-5-4-10-20-14/h4-5,10,12-13,15-16H,3,6-9,11H2,1-2H3. The van der Waals surface area contributed by atoms with Crippen LogP contribution < -0.4 is 10.0 Å². The largest absolute Gasteiger partial charge is 0.317 e. The second kappa shape index (κ2) is 7.69. The minimum absolute atomic E-state index is 0.172. The van der Waals surface area contributed by atoms with Crippen LogP contribution in [-0.4, -0.2) is 38.9 Å². The Labute approximate surface area is 131 Å². The van der Waals surface area contributed by atoms with E-state index in [4.69, 9.17) is 0 Å². The van der Waals surface area contributed by atoms with Gasteiger partial charge in [0, 0.05) is 18.0 Å². The molecule has 1 aliphatic rings. The van der Waals surface area contributed by atoms with Crippen molar-refractivity contribution in [3.63, 3.8) is 0 Å². The average molecular weight is 332 g/mol. The highest BCUT2D eigenvalue weighted by Crippen LogP contribution is 2.22. The van der Waals surface area contributed by atoms with Gasteiger partial charge in [0.15, 0.2) is 0 Å². The van der Waals surface area contributed by atoms with Gasteiger partial charge in [0.1, 0.15) is 0 Å². The van der Waals surface area contributed by atoms with E-state index in [9.17, 15) is 8.42 Å². The number of rotatable bonds is 7. The Balaban J connectivity index is 1.86. The average Bonchev–Trinajstić information content (AvgIpc) is 2.99. The molecule has 0 amide bonds. The van der Waals surface area contributed by atoms with E-state index >= 15 is 0 Å². The summed E-state index contributed by atoms with van der Waals surface area (Å²) in [5, 5.41) is 5.30. The lowest BCUT2D eigenvalue weighted by Gasteiger charge is -2.32. The molecule has 120 valence electrons. The number of nitrogens with one attached hydrogen (secondary N) is 2. The fourth-order valence-electron chi connectivity index (χ4n) is 2.60. The first-order valence-corrected chi connectivity index (χ1v) is 9.86. The molecular formula is C14H25N3O2S2. The molecule has 1 aromatic heterocycles. The monoisotopic (exact) mass is 331 g/mol. The minimum Gasteiger partial charge on any atom is -0.317 e. The first-order valence-electron chi connectivity index (χ1n) is 7.54. The van der Waals surface area contributed by atoms with Crippen molar-refractivity contribution in [1.29, 1.82) is 0 Å². The summed E-state index contributed by atoms with van der Waals surface area (Å²) in [6.07, 6.45) is 1.86. The van der Waals surface area contributed by atoms with E-state index in [1.54, 1.807) is 15.6 Å². The molecule has 1 aromatic rings. The molecule has 2 rings (SSSR count). The molecular weight excluding hydrogens is 306 g/mol. The normalized spacial score (nSPS) is 19.7. The Morgan fingerprint density at radius 3 is 2.71 bits per heavy atom. The summed E-state index contributed by atoms with van der Waals surface area (Å²) in [7, 11) is -3.38. The van der Waals surface area contributed by atoms with Gasteiger partial charge < -0.3 is 5.32 Å². The summed E-state index contributed by atoms with van der Waals surface area (Å²) < 4.78 is 29.2. The van der Waals surface area contributed by atoms with Gasteiger partial charge in [0.25, 0.3) is 10.2 Å². The number of thiophene rings is 1. The van der Waals surface area contributed by atoms with Crippen LogP contribution >= 0.6 is 11.3 Å². The van der Waals surface area contributed by atoms with E-state index in [1.165, 1.54) is 0 Å². The maximum Gasteiger partial charge on any atom is 0.280 e. The maximum atomic E-state index is 12.4. The molecule has 1 atom stereocenters. The predicted molar refractivity (Wildman–Crippen MR) is 87.6 cm³/mol. The second-order valence-corrected chi connectivity index (χ2v) is 8.19. The zero-order valence-corrected chi connectivity index (χ0v) is 14.3. The molecule has 0 radical (unpaired) electrons. The molecule has 0 aromatic carbocycles. The summed E-state index contributed by atoms with van der Waals surface area (Å²) in [5.41, 5.74) is 0. The van der Waals surface area contributed by atoms with Crippen LogP contribution in [-0.2, 0) is 10.2 Å². The first-order chi connectivity index (χ1) is 10.0.